The standard InChI is InChI=1S/C12H18Cl2N2/c1-4-5-8(2)7-15-11-9(3)6-10(13)16-12(11)14/h6,8,15H,4-5,7H2,1-3H3. The molecule has 0 aliphatic rings. The van der Waals surface area contributed by atoms with E-state index in [2.05, 4.69) is 24.1 Å². The molecule has 0 aromatic carbocycles. The van der Waals surface area contributed by atoms with E-state index in [1.807, 2.05) is 13.0 Å². The van der Waals surface area contributed by atoms with Crippen LogP contribution < -0.4 is 5.32 Å². The molecule has 0 spiro atoms. The quantitative estimate of drug-likeness (QED) is 0.787. The Balaban J connectivity index is 2.67. The highest BCUT2D eigenvalue weighted by Gasteiger charge is 2.08. The molecule has 1 aromatic rings. The van der Waals surface area contributed by atoms with Crippen LogP contribution >= 0.6 is 23.2 Å². The van der Waals surface area contributed by atoms with Gasteiger partial charge in [0.15, 0.2) is 5.15 Å². The number of aromatic nitrogens is 1. The summed E-state index contributed by atoms with van der Waals surface area (Å²) in [5, 5.41) is 4.23. The molecule has 0 saturated heterocycles. The van der Waals surface area contributed by atoms with Gasteiger partial charge >= 0.3 is 0 Å². The van der Waals surface area contributed by atoms with Gasteiger partial charge in [0, 0.05) is 6.54 Å². The van der Waals surface area contributed by atoms with Gasteiger partial charge in [-0.05, 0) is 30.9 Å². The van der Waals surface area contributed by atoms with E-state index in [1.54, 1.807) is 0 Å². The van der Waals surface area contributed by atoms with Crippen molar-refractivity contribution < 1.29 is 0 Å². The van der Waals surface area contributed by atoms with Crippen LogP contribution in [0, 0.1) is 12.8 Å². The zero-order chi connectivity index (χ0) is 12.1. The van der Waals surface area contributed by atoms with Crippen molar-refractivity contribution in [3.8, 4) is 0 Å². The molecule has 0 radical (unpaired) electrons. The first kappa shape index (κ1) is 13.6. The maximum atomic E-state index is 6.04. The highest BCUT2D eigenvalue weighted by Crippen LogP contribution is 2.26. The fourth-order valence-electron chi connectivity index (χ4n) is 1.68. The topological polar surface area (TPSA) is 24.9 Å². The van der Waals surface area contributed by atoms with Gasteiger partial charge in [0.2, 0.25) is 0 Å². The molecular weight excluding hydrogens is 243 g/mol. The predicted molar refractivity (Wildman–Crippen MR) is 71.6 cm³/mol. The number of hydrogen-bond acceptors (Lipinski definition) is 2. The van der Waals surface area contributed by atoms with Gasteiger partial charge in [-0.25, -0.2) is 4.98 Å². The maximum Gasteiger partial charge on any atom is 0.154 e. The van der Waals surface area contributed by atoms with E-state index in [4.69, 9.17) is 23.2 Å². The summed E-state index contributed by atoms with van der Waals surface area (Å²) in [7, 11) is 0. The molecule has 0 saturated carbocycles. The third kappa shape index (κ3) is 3.84. The van der Waals surface area contributed by atoms with E-state index in [0.29, 0.717) is 16.2 Å². The van der Waals surface area contributed by atoms with Gasteiger partial charge < -0.3 is 5.32 Å². The molecule has 0 aliphatic heterocycles. The highest BCUT2D eigenvalue weighted by molar-refractivity contribution is 6.34. The van der Waals surface area contributed by atoms with Crippen molar-refractivity contribution >= 4 is 28.9 Å². The van der Waals surface area contributed by atoms with Crippen molar-refractivity contribution in [3.05, 3.63) is 21.9 Å². The van der Waals surface area contributed by atoms with Crippen LogP contribution in [0.15, 0.2) is 6.07 Å². The van der Waals surface area contributed by atoms with Crippen LogP contribution in [0.3, 0.4) is 0 Å². The molecular formula is C12H18Cl2N2. The minimum Gasteiger partial charge on any atom is -0.382 e. The van der Waals surface area contributed by atoms with Gasteiger partial charge in [0.05, 0.1) is 5.69 Å². The number of nitrogens with one attached hydrogen (secondary N) is 1. The molecule has 4 heteroatoms. The molecule has 0 fully saturated rings. The maximum absolute atomic E-state index is 6.04. The molecule has 90 valence electrons. The zero-order valence-corrected chi connectivity index (χ0v) is 11.5. The minimum absolute atomic E-state index is 0.439. The summed E-state index contributed by atoms with van der Waals surface area (Å²) in [5.41, 5.74) is 1.93. The monoisotopic (exact) mass is 260 g/mol. The molecule has 16 heavy (non-hydrogen) atoms. The molecule has 1 N–H and O–H groups in total. The number of halogens is 2. The van der Waals surface area contributed by atoms with Crippen molar-refractivity contribution in [3.63, 3.8) is 0 Å². The van der Waals surface area contributed by atoms with Gasteiger partial charge in [-0.1, -0.05) is 43.5 Å². The largest absolute Gasteiger partial charge is 0.382 e. The van der Waals surface area contributed by atoms with Gasteiger partial charge in [-0.3, -0.25) is 0 Å². The third-order valence-electron chi connectivity index (χ3n) is 2.55. The summed E-state index contributed by atoms with van der Waals surface area (Å²) in [6.07, 6.45) is 2.42. The fraction of sp³-hybridized carbons (Fsp3) is 0.583. The molecule has 0 bridgehead atoms. The summed E-state index contributed by atoms with van der Waals surface area (Å²) in [5.74, 6) is 0.635. The van der Waals surface area contributed by atoms with Gasteiger partial charge in [0.25, 0.3) is 0 Å². The lowest BCUT2D eigenvalue weighted by Gasteiger charge is -2.15. The molecule has 0 amide bonds. The molecule has 0 aliphatic carbocycles. The van der Waals surface area contributed by atoms with Crippen LogP contribution in [-0.2, 0) is 0 Å². The Kier molecular flexibility index (Phi) is 5.36. The Morgan fingerprint density at radius 3 is 2.69 bits per heavy atom. The van der Waals surface area contributed by atoms with E-state index >= 15 is 0 Å². The first-order chi connectivity index (χ1) is 7.54. The normalized spacial score (nSPS) is 12.6. The van der Waals surface area contributed by atoms with Crippen LogP contribution in [0.4, 0.5) is 5.69 Å². The van der Waals surface area contributed by atoms with Crippen LogP contribution in [0.2, 0.25) is 10.3 Å². The molecule has 2 nitrogen and oxygen atoms in total. The lowest BCUT2D eigenvalue weighted by Crippen LogP contribution is -2.12. The van der Waals surface area contributed by atoms with E-state index < -0.39 is 0 Å². The van der Waals surface area contributed by atoms with Crippen LogP contribution in [0.1, 0.15) is 32.3 Å². The fourth-order valence-corrected chi connectivity index (χ4v) is 2.28. The van der Waals surface area contributed by atoms with Gasteiger partial charge in [-0.2, -0.15) is 0 Å². The molecule has 1 heterocycles. The minimum atomic E-state index is 0.439. The molecule has 1 unspecified atom stereocenters. The average molecular weight is 261 g/mol. The van der Waals surface area contributed by atoms with Crippen LogP contribution in [0.5, 0.6) is 0 Å². The number of anilines is 1. The van der Waals surface area contributed by atoms with E-state index in [0.717, 1.165) is 17.8 Å². The molecule has 1 atom stereocenters. The SMILES string of the molecule is CCCC(C)CNc1c(C)cc(Cl)nc1Cl. The number of nitrogens with zero attached hydrogens (tertiary/aromatic N) is 1. The highest BCUT2D eigenvalue weighted by atomic mass is 35.5. The lowest BCUT2D eigenvalue weighted by atomic mass is 10.1. The summed E-state index contributed by atoms with van der Waals surface area (Å²) >= 11 is 11.8. The zero-order valence-electron chi connectivity index (χ0n) is 9.98. The van der Waals surface area contributed by atoms with Crippen molar-refractivity contribution in [1.29, 1.82) is 0 Å². The Morgan fingerprint density at radius 1 is 1.44 bits per heavy atom. The van der Waals surface area contributed by atoms with E-state index in [9.17, 15) is 0 Å². The van der Waals surface area contributed by atoms with Crippen molar-refractivity contribution in [2.75, 3.05) is 11.9 Å². The Bertz CT molecular complexity index is 330. The lowest BCUT2D eigenvalue weighted by molar-refractivity contribution is 0.550. The third-order valence-corrected chi connectivity index (χ3v) is 3.02. The molecule has 1 rings (SSSR count). The second-order valence-electron chi connectivity index (χ2n) is 4.20. The second kappa shape index (κ2) is 6.31. The number of rotatable bonds is 5. The van der Waals surface area contributed by atoms with Crippen molar-refractivity contribution in [2.45, 2.75) is 33.6 Å². The van der Waals surface area contributed by atoms with Gasteiger partial charge in [-0.15, -0.1) is 0 Å². The van der Waals surface area contributed by atoms with Crippen molar-refractivity contribution in [1.82, 2.24) is 4.98 Å². The smallest absolute Gasteiger partial charge is 0.154 e. The first-order valence-corrected chi connectivity index (χ1v) is 6.36. The van der Waals surface area contributed by atoms with Crippen LogP contribution in [0.25, 0.3) is 0 Å². The predicted octanol–water partition coefficient (Wildman–Crippen LogP) is 4.54. The Hall–Kier alpha value is -0.470. The summed E-state index contributed by atoms with van der Waals surface area (Å²) in [6, 6.07) is 1.82. The Labute approximate surface area is 107 Å². The first-order valence-electron chi connectivity index (χ1n) is 5.61. The van der Waals surface area contributed by atoms with Crippen LogP contribution in [-0.4, -0.2) is 11.5 Å². The van der Waals surface area contributed by atoms with Crippen molar-refractivity contribution in [2.24, 2.45) is 5.92 Å². The Morgan fingerprint density at radius 2 is 2.12 bits per heavy atom. The van der Waals surface area contributed by atoms with Gasteiger partial charge in [0.1, 0.15) is 5.15 Å². The average Bonchev–Trinajstić information content (AvgIpc) is 2.16. The summed E-state index contributed by atoms with van der Waals surface area (Å²) < 4.78 is 0. The number of hydrogen-bond donors (Lipinski definition) is 1. The number of aryl methyl sites for hydroxylation is 1. The number of pyridine rings is 1. The second-order valence-corrected chi connectivity index (χ2v) is 4.95. The van der Waals surface area contributed by atoms with E-state index in [-0.39, 0.29) is 0 Å². The molecule has 1 aromatic heterocycles. The summed E-state index contributed by atoms with van der Waals surface area (Å²) in [6.45, 7) is 7.31. The van der Waals surface area contributed by atoms with E-state index in [1.165, 1.54) is 12.8 Å². The summed E-state index contributed by atoms with van der Waals surface area (Å²) in [4.78, 5) is 4.03.